The van der Waals surface area contributed by atoms with Crippen molar-refractivity contribution in [2.45, 2.75) is 25.7 Å². The van der Waals surface area contributed by atoms with Crippen molar-refractivity contribution in [3.05, 3.63) is 41.4 Å². The van der Waals surface area contributed by atoms with Crippen LogP contribution in [-0.2, 0) is 4.74 Å². The maximum Gasteiger partial charge on any atom is 0.394 e. The maximum atomic E-state index is 11.6. The second kappa shape index (κ2) is 5.41. The van der Waals surface area contributed by atoms with Gasteiger partial charge in [0.2, 0.25) is 0 Å². The summed E-state index contributed by atoms with van der Waals surface area (Å²) in [6.45, 7) is 2.00. The molecule has 0 amide bonds. The highest BCUT2D eigenvalue weighted by atomic mass is 16.5. The van der Waals surface area contributed by atoms with Crippen LogP contribution in [0.5, 0.6) is 0 Å². The van der Waals surface area contributed by atoms with Gasteiger partial charge in [-0.1, -0.05) is 6.07 Å². The molecule has 1 aliphatic rings. The molecule has 0 radical (unpaired) electrons. The molecule has 3 rings (SSSR count). The van der Waals surface area contributed by atoms with Crippen molar-refractivity contribution < 1.29 is 13.9 Å². The van der Waals surface area contributed by atoms with Crippen LogP contribution >= 0.6 is 0 Å². The van der Waals surface area contributed by atoms with Gasteiger partial charge in [-0.15, -0.1) is 0 Å². The first-order chi connectivity index (χ1) is 10.2. The van der Waals surface area contributed by atoms with Gasteiger partial charge in [0.15, 0.2) is 5.76 Å². The van der Waals surface area contributed by atoms with Gasteiger partial charge in [-0.05, 0) is 43.4 Å². The number of hydrogen-bond acceptors (Lipinski definition) is 5. The number of carbonyl (C=O) groups is 1. The zero-order valence-corrected chi connectivity index (χ0v) is 11.6. The Labute approximate surface area is 122 Å². The van der Waals surface area contributed by atoms with Crippen molar-refractivity contribution in [1.29, 1.82) is 5.26 Å². The molecule has 5 nitrogen and oxygen atoms in total. The third-order valence-electron chi connectivity index (χ3n) is 3.42. The van der Waals surface area contributed by atoms with Crippen molar-refractivity contribution in [2.24, 2.45) is 0 Å². The highest BCUT2D eigenvalue weighted by molar-refractivity contribution is 5.84. The lowest BCUT2D eigenvalue weighted by Crippen LogP contribution is -2.04. The number of oxazole rings is 1. The van der Waals surface area contributed by atoms with E-state index in [1.165, 1.54) is 6.20 Å². The monoisotopic (exact) mass is 282 g/mol. The van der Waals surface area contributed by atoms with Crippen LogP contribution in [0.2, 0.25) is 0 Å². The van der Waals surface area contributed by atoms with Crippen molar-refractivity contribution in [2.75, 3.05) is 6.61 Å². The lowest BCUT2D eigenvalue weighted by molar-refractivity contribution is 0.0482. The molecule has 0 N–H and O–H groups in total. The van der Waals surface area contributed by atoms with E-state index in [-0.39, 0.29) is 12.5 Å². The van der Waals surface area contributed by atoms with E-state index in [0.29, 0.717) is 17.2 Å². The summed E-state index contributed by atoms with van der Waals surface area (Å²) in [4.78, 5) is 15.6. The van der Waals surface area contributed by atoms with Crippen molar-refractivity contribution >= 4 is 5.97 Å². The minimum absolute atomic E-state index is 0.0593. The van der Waals surface area contributed by atoms with Gasteiger partial charge < -0.3 is 9.15 Å². The third-order valence-corrected chi connectivity index (χ3v) is 3.42. The number of aromatic nitrogens is 1. The average molecular weight is 282 g/mol. The van der Waals surface area contributed by atoms with Crippen LogP contribution in [0.15, 0.2) is 28.8 Å². The van der Waals surface area contributed by atoms with E-state index in [9.17, 15) is 4.79 Å². The zero-order valence-electron chi connectivity index (χ0n) is 11.6. The predicted molar refractivity (Wildman–Crippen MR) is 74.6 cm³/mol. The smallest absolute Gasteiger partial charge is 0.394 e. The fraction of sp³-hybridized carbons (Fsp3) is 0.312. The topological polar surface area (TPSA) is 76.1 Å². The number of nitriles is 1. The Bertz CT molecular complexity index is 723. The molecule has 1 aromatic heterocycles. The minimum Gasteiger partial charge on any atom is -0.459 e. The average Bonchev–Trinajstić information content (AvgIpc) is 3.23. The maximum absolute atomic E-state index is 11.6. The number of rotatable bonds is 4. The molecule has 1 saturated carbocycles. The molecule has 5 heteroatoms. The molecule has 1 aromatic carbocycles. The molecule has 1 aliphatic carbocycles. The molecule has 0 aliphatic heterocycles. The Morgan fingerprint density at radius 1 is 1.52 bits per heavy atom. The van der Waals surface area contributed by atoms with Crippen LogP contribution in [-0.4, -0.2) is 17.6 Å². The first-order valence-corrected chi connectivity index (χ1v) is 6.90. The number of carbonyl (C=O) groups excluding carboxylic acids is 1. The molecule has 0 saturated heterocycles. The second-order valence-electron chi connectivity index (χ2n) is 4.94. The van der Waals surface area contributed by atoms with E-state index in [1.807, 2.05) is 6.07 Å². The minimum atomic E-state index is -0.576. The van der Waals surface area contributed by atoms with Gasteiger partial charge in [0.25, 0.3) is 0 Å². The molecule has 0 spiro atoms. The van der Waals surface area contributed by atoms with Crippen LogP contribution in [0.1, 0.15) is 47.5 Å². The van der Waals surface area contributed by atoms with Crippen LogP contribution in [0, 0.1) is 11.3 Å². The lowest BCUT2D eigenvalue weighted by atomic mass is 9.99. The van der Waals surface area contributed by atoms with Gasteiger partial charge in [0.1, 0.15) is 0 Å². The molecule has 1 fully saturated rings. The normalized spacial score (nSPS) is 13.7. The van der Waals surface area contributed by atoms with Gasteiger partial charge in [-0.3, -0.25) is 0 Å². The summed E-state index contributed by atoms with van der Waals surface area (Å²) >= 11 is 0. The lowest BCUT2D eigenvalue weighted by Gasteiger charge is -2.06. The van der Waals surface area contributed by atoms with E-state index in [1.54, 1.807) is 19.1 Å². The highest BCUT2D eigenvalue weighted by Gasteiger charge is 2.28. The third kappa shape index (κ3) is 2.65. The van der Waals surface area contributed by atoms with Crippen molar-refractivity contribution in [3.8, 4) is 17.4 Å². The standard InChI is InChI=1S/C16H14N2O3/c1-2-20-16(19)15-18-9-14(21-15)13-7-10(8-17)3-6-12(13)11-4-5-11/h3,6-7,9,11H,2,4-5H2,1H3. The zero-order chi connectivity index (χ0) is 14.8. The van der Waals surface area contributed by atoms with E-state index in [2.05, 4.69) is 11.1 Å². The summed E-state index contributed by atoms with van der Waals surface area (Å²) in [7, 11) is 0. The number of benzene rings is 1. The molecule has 21 heavy (non-hydrogen) atoms. The molecular weight excluding hydrogens is 268 g/mol. The Balaban J connectivity index is 1.99. The van der Waals surface area contributed by atoms with Crippen LogP contribution < -0.4 is 0 Å². The molecular formula is C16H14N2O3. The Hall–Kier alpha value is -2.61. The SMILES string of the molecule is CCOC(=O)c1ncc(-c2cc(C#N)ccc2C2CC2)o1. The number of ether oxygens (including phenoxy) is 1. The van der Waals surface area contributed by atoms with Gasteiger partial charge in [-0.2, -0.15) is 5.26 Å². The fourth-order valence-electron chi connectivity index (χ4n) is 2.28. The Morgan fingerprint density at radius 3 is 3.00 bits per heavy atom. The highest BCUT2D eigenvalue weighted by Crippen LogP contribution is 2.44. The van der Waals surface area contributed by atoms with E-state index >= 15 is 0 Å². The fourth-order valence-corrected chi connectivity index (χ4v) is 2.28. The largest absolute Gasteiger partial charge is 0.459 e. The van der Waals surface area contributed by atoms with Crippen molar-refractivity contribution in [1.82, 2.24) is 4.98 Å². The Morgan fingerprint density at radius 2 is 2.33 bits per heavy atom. The number of esters is 1. The quantitative estimate of drug-likeness (QED) is 0.804. The van der Waals surface area contributed by atoms with E-state index in [0.717, 1.165) is 24.0 Å². The summed E-state index contributed by atoms with van der Waals surface area (Å²) in [6, 6.07) is 7.66. The first-order valence-electron chi connectivity index (χ1n) is 6.90. The summed E-state index contributed by atoms with van der Waals surface area (Å²) in [6.07, 6.45) is 3.78. The van der Waals surface area contributed by atoms with Crippen LogP contribution in [0.3, 0.4) is 0 Å². The molecule has 0 unspecified atom stereocenters. The molecule has 106 valence electrons. The van der Waals surface area contributed by atoms with Gasteiger partial charge >= 0.3 is 11.9 Å². The van der Waals surface area contributed by atoms with Gasteiger partial charge in [0.05, 0.1) is 24.4 Å². The summed E-state index contributed by atoms with van der Waals surface area (Å²) < 4.78 is 10.4. The molecule has 0 bridgehead atoms. The van der Waals surface area contributed by atoms with E-state index in [4.69, 9.17) is 14.4 Å². The predicted octanol–water partition coefficient (Wildman–Crippen LogP) is 3.27. The van der Waals surface area contributed by atoms with Crippen molar-refractivity contribution in [3.63, 3.8) is 0 Å². The van der Waals surface area contributed by atoms with E-state index < -0.39 is 5.97 Å². The van der Waals surface area contributed by atoms with Crippen LogP contribution in [0.4, 0.5) is 0 Å². The molecule has 2 aromatic rings. The molecule has 1 heterocycles. The summed E-state index contributed by atoms with van der Waals surface area (Å²) in [5.74, 6) is 0.366. The summed E-state index contributed by atoms with van der Waals surface area (Å²) in [5.41, 5.74) is 2.53. The van der Waals surface area contributed by atoms with Gasteiger partial charge in [-0.25, -0.2) is 9.78 Å². The number of hydrogen-bond donors (Lipinski definition) is 0. The second-order valence-corrected chi connectivity index (χ2v) is 4.94. The summed E-state index contributed by atoms with van der Waals surface area (Å²) in [5, 5.41) is 9.05. The van der Waals surface area contributed by atoms with Gasteiger partial charge in [0, 0.05) is 5.56 Å². The first kappa shape index (κ1) is 13.4. The number of nitrogens with zero attached hydrogens (tertiary/aromatic N) is 2. The Kier molecular flexibility index (Phi) is 3.44. The van der Waals surface area contributed by atoms with Crippen LogP contribution in [0.25, 0.3) is 11.3 Å². The molecule has 0 atom stereocenters.